The number of phenolic OH excluding ortho intramolecular Hbond substituents is 1. The van der Waals surface area contributed by atoms with Crippen LogP contribution >= 0.6 is 0 Å². The second kappa shape index (κ2) is 5.28. The van der Waals surface area contributed by atoms with Gasteiger partial charge in [0.25, 0.3) is 0 Å². The summed E-state index contributed by atoms with van der Waals surface area (Å²) in [6.07, 6.45) is 0. The molecular formula is C13H21NO3S. The van der Waals surface area contributed by atoms with Crippen molar-refractivity contribution < 1.29 is 13.5 Å². The molecule has 0 heterocycles. The summed E-state index contributed by atoms with van der Waals surface area (Å²) in [6.45, 7) is 8.64. The molecule has 0 saturated carbocycles. The maximum Gasteiger partial charge on any atom is 0.240 e. The highest BCUT2D eigenvalue weighted by Crippen LogP contribution is 2.25. The summed E-state index contributed by atoms with van der Waals surface area (Å²) in [5, 5.41) is 9.13. The third-order valence-electron chi connectivity index (χ3n) is 3.20. The van der Waals surface area contributed by atoms with Gasteiger partial charge in [0.2, 0.25) is 10.0 Å². The molecule has 0 aromatic heterocycles. The van der Waals surface area contributed by atoms with E-state index >= 15 is 0 Å². The van der Waals surface area contributed by atoms with Crippen LogP contribution in [0.15, 0.2) is 29.2 Å². The summed E-state index contributed by atoms with van der Waals surface area (Å²) in [5.41, 5.74) is 0.0531. The normalized spacial score (nSPS) is 14.4. The van der Waals surface area contributed by atoms with Gasteiger partial charge in [-0.2, -0.15) is 0 Å². The first-order valence-corrected chi connectivity index (χ1v) is 7.40. The van der Waals surface area contributed by atoms with Crippen LogP contribution in [0, 0.1) is 11.3 Å². The van der Waals surface area contributed by atoms with Crippen molar-refractivity contribution in [3.8, 4) is 5.75 Å². The molecule has 0 spiro atoms. The van der Waals surface area contributed by atoms with E-state index in [1.165, 1.54) is 24.3 Å². The van der Waals surface area contributed by atoms with Crippen molar-refractivity contribution in [3.05, 3.63) is 24.3 Å². The zero-order valence-corrected chi connectivity index (χ0v) is 12.1. The molecule has 0 aliphatic carbocycles. The van der Waals surface area contributed by atoms with E-state index in [1.54, 1.807) is 0 Å². The largest absolute Gasteiger partial charge is 0.508 e. The molecule has 1 aromatic rings. The van der Waals surface area contributed by atoms with Crippen LogP contribution in [0.1, 0.15) is 27.7 Å². The maximum absolute atomic E-state index is 12.0. The topological polar surface area (TPSA) is 66.4 Å². The SMILES string of the molecule is CC(CNS(=O)(=O)c1ccc(O)cc1)C(C)(C)C. The van der Waals surface area contributed by atoms with E-state index < -0.39 is 10.0 Å². The monoisotopic (exact) mass is 271 g/mol. The lowest BCUT2D eigenvalue weighted by molar-refractivity contribution is 0.263. The Balaban J connectivity index is 2.75. The first kappa shape index (κ1) is 15.0. The van der Waals surface area contributed by atoms with E-state index in [-0.39, 0.29) is 22.0 Å². The molecule has 0 bridgehead atoms. The Kier molecular flexibility index (Phi) is 4.40. The molecule has 102 valence electrons. The van der Waals surface area contributed by atoms with Crippen LogP contribution < -0.4 is 4.72 Å². The standard InChI is InChI=1S/C13H21NO3S/c1-10(13(2,3)4)9-14-18(16,17)12-7-5-11(15)6-8-12/h5-8,10,14-15H,9H2,1-4H3. The van der Waals surface area contributed by atoms with Crippen molar-refractivity contribution in [3.63, 3.8) is 0 Å². The third-order valence-corrected chi connectivity index (χ3v) is 4.64. The Morgan fingerprint density at radius 2 is 1.72 bits per heavy atom. The maximum atomic E-state index is 12.0. The second-order valence-electron chi connectivity index (χ2n) is 5.61. The van der Waals surface area contributed by atoms with Crippen molar-refractivity contribution in [2.75, 3.05) is 6.54 Å². The predicted octanol–water partition coefficient (Wildman–Crippen LogP) is 2.35. The Hall–Kier alpha value is -1.07. The molecule has 0 radical (unpaired) electrons. The van der Waals surface area contributed by atoms with Crippen molar-refractivity contribution in [2.45, 2.75) is 32.6 Å². The minimum Gasteiger partial charge on any atom is -0.508 e. The number of hydrogen-bond donors (Lipinski definition) is 2. The van der Waals surface area contributed by atoms with Crippen LogP contribution in [0.3, 0.4) is 0 Å². The molecule has 0 saturated heterocycles. The fourth-order valence-corrected chi connectivity index (χ4v) is 2.38. The lowest BCUT2D eigenvalue weighted by Gasteiger charge is -2.27. The van der Waals surface area contributed by atoms with Crippen LogP contribution in [0.25, 0.3) is 0 Å². The van der Waals surface area contributed by atoms with E-state index in [9.17, 15) is 8.42 Å². The third kappa shape index (κ3) is 3.99. The fourth-order valence-electron chi connectivity index (χ4n) is 1.25. The zero-order chi connectivity index (χ0) is 14.0. The van der Waals surface area contributed by atoms with Gasteiger partial charge in [0.15, 0.2) is 0 Å². The summed E-state index contributed by atoms with van der Waals surface area (Å²) in [5.74, 6) is 0.279. The van der Waals surface area contributed by atoms with Gasteiger partial charge in [-0.05, 0) is 35.6 Å². The Morgan fingerprint density at radius 1 is 1.22 bits per heavy atom. The Morgan fingerprint density at radius 3 is 2.17 bits per heavy atom. The lowest BCUT2D eigenvalue weighted by Crippen LogP contribution is -2.33. The molecule has 18 heavy (non-hydrogen) atoms. The molecule has 4 nitrogen and oxygen atoms in total. The smallest absolute Gasteiger partial charge is 0.240 e. The first-order valence-electron chi connectivity index (χ1n) is 5.91. The van der Waals surface area contributed by atoms with Crippen LogP contribution in [0.4, 0.5) is 0 Å². The number of sulfonamides is 1. The average molecular weight is 271 g/mol. The van der Waals surface area contributed by atoms with E-state index in [4.69, 9.17) is 5.11 Å². The fraction of sp³-hybridized carbons (Fsp3) is 0.538. The molecule has 1 rings (SSSR count). The molecule has 5 heteroatoms. The number of aromatic hydroxyl groups is 1. The van der Waals surface area contributed by atoms with Gasteiger partial charge in [-0.25, -0.2) is 13.1 Å². The van der Waals surface area contributed by atoms with Gasteiger partial charge in [0.1, 0.15) is 5.75 Å². The number of hydrogen-bond acceptors (Lipinski definition) is 3. The summed E-state index contributed by atoms with van der Waals surface area (Å²) in [7, 11) is -3.49. The van der Waals surface area contributed by atoms with E-state index in [0.717, 1.165) is 0 Å². The van der Waals surface area contributed by atoms with Gasteiger partial charge in [-0.15, -0.1) is 0 Å². The number of nitrogens with one attached hydrogen (secondary N) is 1. The molecule has 0 fully saturated rings. The van der Waals surface area contributed by atoms with Gasteiger partial charge >= 0.3 is 0 Å². The summed E-state index contributed by atoms with van der Waals surface area (Å²) in [6, 6.07) is 5.50. The molecule has 1 unspecified atom stereocenters. The van der Waals surface area contributed by atoms with Gasteiger partial charge in [-0.1, -0.05) is 27.7 Å². The highest BCUT2D eigenvalue weighted by molar-refractivity contribution is 7.89. The van der Waals surface area contributed by atoms with Crippen LogP contribution in [0.5, 0.6) is 5.75 Å². The minimum atomic E-state index is -3.49. The van der Waals surface area contributed by atoms with E-state index in [2.05, 4.69) is 25.5 Å². The Labute approximate surface area is 109 Å². The number of benzene rings is 1. The van der Waals surface area contributed by atoms with Gasteiger partial charge < -0.3 is 5.11 Å². The highest BCUT2D eigenvalue weighted by Gasteiger charge is 2.22. The lowest BCUT2D eigenvalue weighted by atomic mass is 9.82. The van der Waals surface area contributed by atoms with Crippen molar-refractivity contribution >= 4 is 10.0 Å². The van der Waals surface area contributed by atoms with Crippen LogP contribution in [-0.2, 0) is 10.0 Å². The second-order valence-corrected chi connectivity index (χ2v) is 7.38. The van der Waals surface area contributed by atoms with Crippen molar-refractivity contribution in [1.82, 2.24) is 4.72 Å². The number of rotatable bonds is 4. The average Bonchev–Trinajstić information content (AvgIpc) is 2.25. The molecule has 1 atom stereocenters. The minimum absolute atomic E-state index is 0.0528. The van der Waals surface area contributed by atoms with Crippen LogP contribution in [0.2, 0.25) is 0 Å². The van der Waals surface area contributed by atoms with E-state index in [1.807, 2.05) is 6.92 Å². The highest BCUT2D eigenvalue weighted by atomic mass is 32.2. The Bertz CT molecular complexity index is 486. The molecule has 0 aliphatic rings. The summed E-state index contributed by atoms with van der Waals surface area (Å²) < 4.78 is 26.6. The molecular weight excluding hydrogens is 250 g/mol. The summed E-state index contributed by atoms with van der Waals surface area (Å²) in [4.78, 5) is 0.168. The zero-order valence-electron chi connectivity index (χ0n) is 11.3. The molecule has 0 amide bonds. The van der Waals surface area contributed by atoms with Crippen molar-refractivity contribution in [1.29, 1.82) is 0 Å². The van der Waals surface area contributed by atoms with Gasteiger partial charge in [-0.3, -0.25) is 0 Å². The van der Waals surface area contributed by atoms with Crippen LogP contribution in [-0.4, -0.2) is 20.1 Å². The van der Waals surface area contributed by atoms with Gasteiger partial charge in [0, 0.05) is 6.54 Å². The van der Waals surface area contributed by atoms with E-state index in [0.29, 0.717) is 6.54 Å². The summed E-state index contributed by atoms with van der Waals surface area (Å²) >= 11 is 0. The first-order chi connectivity index (χ1) is 8.13. The quantitative estimate of drug-likeness (QED) is 0.883. The number of phenols is 1. The molecule has 2 N–H and O–H groups in total. The molecule has 1 aromatic carbocycles. The van der Waals surface area contributed by atoms with Gasteiger partial charge in [0.05, 0.1) is 4.90 Å². The van der Waals surface area contributed by atoms with Crippen molar-refractivity contribution in [2.24, 2.45) is 11.3 Å². The predicted molar refractivity (Wildman–Crippen MR) is 71.9 cm³/mol. The molecule has 0 aliphatic heterocycles.